The van der Waals surface area contributed by atoms with E-state index in [9.17, 15) is 9.59 Å². The summed E-state index contributed by atoms with van der Waals surface area (Å²) in [6.07, 6.45) is 2.16. The number of carboxylic acids is 1. The smallest absolute Gasteiger partial charge is 0.337 e. The number of aromatic nitrogens is 2. The molecule has 0 unspecified atom stereocenters. The molecule has 2 aromatic rings. The molecule has 0 aliphatic heterocycles. The summed E-state index contributed by atoms with van der Waals surface area (Å²) < 4.78 is 1.37. The lowest BCUT2D eigenvalue weighted by Gasteiger charge is -2.04. The predicted octanol–water partition coefficient (Wildman–Crippen LogP) is 1.38. The first-order chi connectivity index (χ1) is 7.72. The number of aromatic carboxylic acids is 1. The van der Waals surface area contributed by atoms with Crippen molar-refractivity contribution in [3.63, 3.8) is 0 Å². The lowest BCUT2D eigenvalue weighted by atomic mass is 10.2. The highest BCUT2D eigenvalue weighted by Gasteiger charge is 2.11. The van der Waals surface area contributed by atoms with Crippen LogP contribution in [-0.2, 0) is 0 Å². The minimum atomic E-state index is -1.03. The average Bonchev–Trinajstić information content (AvgIpc) is 2.77. The highest BCUT2D eigenvalue weighted by atomic mass is 16.4. The van der Waals surface area contributed by atoms with E-state index >= 15 is 0 Å². The molecule has 1 aromatic carbocycles. The largest absolute Gasteiger partial charge is 0.478 e. The summed E-state index contributed by atoms with van der Waals surface area (Å²) in [7, 11) is 0. The Morgan fingerprint density at radius 1 is 1.31 bits per heavy atom. The van der Waals surface area contributed by atoms with Gasteiger partial charge in [0.05, 0.1) is 11.3 Å². The van der Waals surface area contributed by atoms with Gasteiger partial charge in [-0.25, -0.2) is 9.48 Å². The minimum Gasteiger partial charge on any atom is -0.478 e. The summed E-state index contributed by atoms with van der Waals surface area (Å²) in [5.41, 5.74) is 0.839. The molecule has 0 atom stereocenters. The topological polar surface area (TPSA) is 72.2 Å². The molecule has 5 nitrogen and oxygen atoms in total. The molecule has 0 saturated carbocycles. The maximum Gasteiger partial charge on any atom is 0.337 e. The Kier molecular flexibility index (Phi) is 2.51. The molecule has 0 aliphatic rings. The van der Waals surface area contributed by atoms with Crippen molar-refractivity contribution >= 4 is 12.3 Å². The molecule has 1 aromatic heterocycles. The van der Waals surface area contributed by atoms with Gasteiger partial charge in [-0.2, -0.15) is 5.10 Å². The number of carboxylic acid groups (broad SMARTS) is 1. The monoisotopic (exact) mass is 216 g/mol. The van der Waals surface area contributed by atoms with Crippen molar-refractivity contribution in [1.82, 2.24) is 9.78 Å². The van der Waals surface area contributed by atoms with E-state index in [4.69, 9.17) is 5.11 Å². The molecule has 80 valence electrons. The zero-order valence-corrected chi connectivity index (χ0v) is 8.20. The van der Waals surface area contributed by atoms with E-state index in [1.165, 1.54) is 16.8 Å². The van der Waals surface area contributed by atoms with Crippen LogP contribution >= 0.6 is 0 Å². The quantitative estimate of drug-likeness (QED) is 0.787. The Bertz CT molecular complexity index is 546. The number of rotatable bonds is 3. The fourth-order valence-electron chi connectivity index (χ4n) is 1.39. The van der Waals surface area contributed by atoms with Crippen LogP contribution in [0.25, 0.3) is 5.69 Å². The van der Waals surface area contributed by atoms with Gasteiger partial charge in [-0.05, 0) is 18.2 Å². The molecular formula is C11H8N2O3. The lowest BCUT2D eigenvalue weighted by Crippen LogP contribution is -2.05. The van der Waals surface area contributed by atoms with Gasteiger partial charge in [0.1, 0.15) is 5.69 Å². The number of nitrogens with zero attached hydrogens (tertiary/aromatic N) is 2. The van der Waals surface area contributed by atoms with Gasteiger partial charge in [-0.3, -0.25) is 4.79 Å². The van der Waals surface area contributed by atoms with Gasteiger partial charge in [0.25, 0.3) is 0 Å². The Hall–Kier alpha value is -2.43. The molecule has 0 spiro atoms. The van der Waals surface area contributed by atoms with Crippen molar-refractivity contribution in [3.05, 3.63) is 47.8 Å². The number of benzene rings is 1. The van der Waals surface area contributed by atoms with Crippen molar-refractivity contribution < 1.29 is 14.7 Å². The van der Waals surface area contributed by atoms with Gasteiger partial charge in [0, 0.05) is 6.20 Å². The summed E-state index contributed by atoms with van der Waals surface area (Å²) >= 11 is 0. The Labute approximate surface area is 90.9 Å². The van der Waals surface area contributed by atoms with Crippen molar-refractivity contribution in [3.8, 4) is 5.69 Å². The van der Waals surface area contributed by atoms with Crippen LogP contribution in [-0.4, -0.2) is 27.1 Å². The predicted molar refractivity (Wildman–Crippen MR) is 55.9 cm³/mol. The molecule has 16 heavy (non-hydrogen) atoms. The molecule has 1 heterocycles. The van der Waals surface area contributed by atoms with E-state index in [2.05, 4.69) is 5.10 Å². The molecule has 2 rings (SSSR count). The second-order valence-electron chi connectivity index (χ2n) is 3.13. The third-order valence-corrected chi connectivity index (χ3v) is 2.11. The highest BCUT2D eigenvalue weighted by molar-refractivity contribution is 5.91. The van der Waals surface area contributed by atoms with E-state index in [-0.39, 0.29) is 11.3 Å². The van der Waals surface area contributed by atoms with Gasteiger partial charge in [0.15, 0.2) is 6.29 Å². The Morgan fingerprint density at radius 2 is 2.06 bits per heavy atom. The lowest BCUT2D eigenvalue weighted by molar-refractivity contribution is 0.0696. The zero-order valence-electron chi connectivity index (χ0n) is 8.20. The summed E-state index contributed by atoms with van der Waals surface area (Å²) in [5.74, 6) is -1.03. The standard InChI is InChI=1S/C11H8N2O3/c14-7-8-5-6-13(12-8)10-4-2-1-3-9(10)11(15)16/h1-7H,(H,15,16). The number of carbonyl (C=O) groups is 2. The first kappa shape index (κ1) is 10.1. The van der Waals surface area contributed by atoms with Gasteiger partial charge in [-0.1, -0.05) is 12.1 Å². The van der Waals surface area contributed by atoms with Gasteiger partial charge in [-0.15, -0.1) is 0 Å². The van der Waals surface area contributed by atoms with Crippen LogP contribution in [0.5, 0.6) is 0 Å². The Morgan fingerprint density at radius 3 is 2.69 bits per heavy atom. The third kappa shape index (κ3) is 1.70. The van der Waals surface area contributed by atoms with E-state index < -0.39 is 5.97 Å². The molecule has 0 amide bonds. The minimum absolute atomic E-state index is 0.142. The van der Waals surface area contributed by atoms with Gasteiger partial charge >= 0.3 is 5.97 Å². The van der Waals surface area contributed by atoms with Crippen LogP contribution in [0.2, 0.25) is 0 Å². The van der Waals surface area contributed by atoms with Crippen LogP contribution in [0.1, 0.15) is 20.8 Å². The van der Waals surface area contributed by atoms with E-state index in [0.717, 1.165) is 0 Å². The van der Waals surface area contributed by atoms with E-state index in [1.54, 1.807) is 24.4 Å². The van der Waals surface area contributed by atoms with E-state index in [1.807, 2.05) is 0 Å². The molecule has 1 N–H and O–H groups in total. The normalized spacial score (nSPS) is 10.0. The molecule has 0 aliphatic carbocycles. The molecular weight excluding hydrogens is 208 g/mol. The molecule has 0 radical (unpaired) electrons. The van der Waals surface area contributed by atoms with Crippen LogP contribution in [0.3, 0.4) is 0 Å². The second-order valence-corrected chi connectivity index (χ2v) is 3.13. The summed E-state index contributed by atoms with van der Waals surface area (Å²) in [4.78, 5) is 21.4. The average molecular weight is 216 g/mol. The second kappa shape index (κ2) is 3.98. The fourth-order valence-corrected chi connectivity index (χ4v) is 1.39. The molecule has 0 bridgehead atoms. The summed E-state index contributed by atoms with van der Waals surface area (Å²) in [6.45, 7) is 0. The van der Waals surface area contributed by atoms with Crippen molar-refractivity contribution in [2.24, 2.45) is 0 Å². The molecule has 0 saturated heterocycles. The number of para-hydroxylation sites is 1. The maximum absolute atomic E-state index is 11.0. The fraction of sp³-hybridized carbons (Fsp3) is 0. The number of hydrogen-bond donors (Lipinski definition) is 1. The Balaban J connectivity index is 2.54. The number of hydrogen-bond acceptors (Lipinski definition) is 3. The highest BCUT2D eigenvalue weighted by Crippen LogP contribution is 2.13. The van der Waals surface area contributed by atoms with Crippen molar-refractivity contribution in [1.29, 1.82) is 0 Å². The van der Waals surface area contributed by atoms with E-state index in [0.29, 0.717) is 12.0 Å². The van der Waals surface area contributed by atoms with Crippen molar-refractivity contribution in [2.75, 3.05) is 0 Å². The zero-order chi connectivity index (χ0) is 11.5. The molecule has 5 heteroatoms. The van der Waals surface area contributed by atoms with Crippen LogP contribution in [0.4, 0.5) is 0 Å². The third-order valence-electron chi connectivity index (χ3n) is 2.11. The first-order valence-electron chi connectivity index (χ1n) is 4.56. The van der Waals surface area contributed by atoms with Crippen LogP contribution in [0, 0.1) is 0 Å². The van der Waals surface area contributed by atoms with Gasteiger partial charge < -0.3 is 5.11 Å². The maximum atomic E-state index is 11.0. The SMILES string of the molecule is O=Cc1ccn(-c2ccccc2C(=O)O)n1. The number of aldehydes is 1. The number of carbonyl (C=O) groups excluding carboxylic acids is 1. The van der Waals surface area contributed by atoms with Crippen LogP contribution < -0.4 is 0 Å². The van der Waals surface area contributed by atoms with Crippen LogP contribution in [0.15, 0.2) is 36.5 Å². The van der Waals surface area contributed by atoms with Gasteiger partial charge in [0.2, 0.25) is 0 Å². The van der Waals surface area contributed by atoms with Crippen molar-refractivity contribution in [2.45, 2.75) is 0 Å². The summed E-state index contributed by atoms with van der Waals surface area (Å²) in [6, 6.07) is 7.98. The first-order valence-corrected chi connectivity index (χ1v) is 4.56. The molecule has 0 fully saturated rings. The summed E-state index contributed by atoms with van der Waals surface area (Å²) in [5, 5.41) is 12.9.